The van der Waals surface area contributed by atoms with Crippen LogP contribution in [-0.4, -0.2) is 18.2 Å². The average molecular weight is 223 g/mol. The fraction of sp³-hybridized carbons (Fsp3) is 0.750. The number of hydrogen-bond donors (Lipinski definition) is 2. The van der Waals surface area contributed by atoms with Gasteiger partial charge in [0, 0.05) is 12.5 Å². The van der Waals surface area contributed by atoms with Gasteiger partial charge in [0.2, 0.25) is 0 Å². The van der Waals surface area contributed by atoms with Gasteiger partial charge in [-0.15, -0.1) is 0 Å². The molecule has 1 saturated carbocycles. The van der Waals surface area contributed by atoms with E-state index in [2.05, 4.69) is 10.5 Å². The van der Waals surface area contributed by atoms with Gasteiger partial charge in [-0.1, -0.05) is 24.4 Å². The van der Waals surface area contributed by atoms with Crippen molar-refractivity contribution in [1.29, 1.82) is 0 Å². The summed E-state index contributed by atoms with van der Waals surface area (Å²) in [6.07, 6.45) is 9.24. The third-order valence-corrected chi connectivity index (χ3v) is 3.27. The number of hydrogen-bond acceptors (Lipinski definition) is 4. The van der Waals surface area contributed by atoms with Crippen LogP contribution in [0.5, 0.6) is 0 Å². The number of nitrogens with zero attached hydrogens (tertiary/aromatic N) is 1. The van der Waals surface area contributed by atoms with Crippen LogP contribution in [0.15, 0.2) is 10.7 Å². The molecule has 3 N–H and O–H groups in total. The van der Waals surface area contributed by atoms with E-state index in [1.54, 1.807) is 6.20 Å². The molecule has 0 amide bonds. The molecule has 1 aliphatic carbocycles. The van der Waals surface area contributed by atoms with Crippen molar-refractivity contribution in [1.82, 2.24) is 5.16 Å². The van der Waals surface area contributed by atoms with Gasteiger partial charge in [0.15, 0.2) is 5.76 Å². The van der Waals surface area contributed by atoms with Crippen molar-refractivity contribution in [3.05, 3.63) is 12.0 Å². The van der Waals surface area contributed by atoms with Crippen LogP contribution < -0.4 is 11.1 Å². The monoisotopic (exact) mass is 223 g/mol. The summed E-state index contributed by atoms with van der Waals surface area (Å²) in [5.74, 6) is 1.62. The molecule has 0 spiro atoms. The summed E-state index contributed by atoms with van der Waals surface area (Å²) in [4.78, 5) is 0. The fourth-order valence-electron chi connectivity index (χ4n) is 2.37. The number of nitrogens with two attached hydrogens (primary N) is 1. The van der Waals surface area contributed by atoms with E-state index >= 15 is 0 Å². The lowest BCUT2D eigenvalue weighted by molar-refractivity contribution is 0.322. The molecule has 2 rings (SSSR count). The van der Waals surface area contributed by atoms with E-state index in [0.29, 0.717) is 5.92 Å². The number of rotatable bonds is 5. The lowest BCUT2D eigenvalue weighted by Gasteiger charge is -2.20. The highest BCUT2D eigenvalue weighted by atomic mass is 16.5. The molecule has 4 heteroatoms. The second kappa shape index (κ2) is 5.89. The lowest BCUT2D eigenvalue weighted by atomic mass is 9.87. The molecule has 90 valence electrons. The summed E-state index contributed by atoms with van der Waals surface area (Å²) in [5, 5.41) is 7.26. The molecular formula is C12H21N3O. The summed E-state index contributed by atoms with van der Waals surface area (Å²) < 4.78 is 5.39. The molecule has 16 heavy (non-hydrogen) atoms. The van der Waals surface area contributed by atoms with Gasteiger partial charge in [-0.3, -0.25) is 0 Å². The average Bonchev–Trinajstić information content (AvgIpc) is 2.79. The minimum absolute atomic E-state index is 0.566. The maximum absolute atomic E-state index is 5.47. The highest BCUT2D eigenvalue weighted by Crippen LogP contribution is 2.36. The molecule has 1 aromatic rings. The zero-order chi connectivity index (χ0) is 11.2. The topological polar surface area (TPSA) is 64.1 Å². The number of anilines is 1. The SMILES string of the molecule is NCCCNc1cnoc1C1CCCCC1. The van der Waals surface area contributed by atoms with Gasteiger partial charge in [0.25, 0.3) is 0 Å². The molecule has 0 aliphatic heterocycles. The van der Waals surface area contributed by atoms with E-state index in [1.165, 1.54) is 32.1 Å². The summed E-state index contributed by atoms with van der Waals surface area (Å²) in [7, 11) is 0. The van der Waals surface area contributed by atoms with Crippen molar-refractivity contribution in [2.75, 3.05) is 18.4 Å². The molecule has 1 fully saturated rings. The fourth-order valence-corrected chi connectivity index (χ4v) is 2.37. The molecule has 1 aromatic heterocycles. The quantitative estimate of drug-likeness (QED) is 0.753. The first-order valence-electron chi connectivity index (χ1n) is 6.30. The number of nitrogens with one attached hydrogen (secondary N) is 1. The largest absolute Gasteiger partial charge is 0.381 e. The maximum atomic E-state index is 5.47. The molecule has 0 aromatic carbocycles. The van der Waals surface area contributed by atoms with Crippen molar-refractivity contribution in [2.45, 2.75) is 44.4 Å². The van der Waals surface area contributed by atoms with Crippen LogP contribution in [0.4, 0.5) is 5.69 Å². The third kappa shape index (κ3) is 2.76. The maximum Gasteiger partial charge on any atom is 0.162 e. The second-order valence-electron chi connectivity index (χ2n) is 4.51. The minimum atomic E-state index is 0.566. The molecule has 4 nitrogen and oxygen atoms in total. The van der Waals surface area contributed by atoms with Crippen LogP contribution >= 0.6 is 0 Å². The zero-order valence-electron chi connectivity index (χ0n) is 9.74. The van der Waals surface area contributed by atoms with E-state index in [9.17, 15) is 0 Å². The van der Waals surface area contributed by atoms with Gasteiger partial charge in [-0.2, -0.15) is 0 Å². The third-order valence-electron chi connectivity index (χ3n) is 3.27. The first kappa shape index (κ1) is 11.5. The number of aromatic nitrogens is 1. The van der Waals surface area contributed by atoms with Crippen molar-refractivity contribution < 1.29 is 4.52 Å². The summed E-state index contributed by atoms with van der Waals surface area (Å²) in [6, 6.07) is 0. The van der Waals surface area contributed by atoms with Gasteiger partial charge in [0.05, 0.1) is 11.9 Å². The van der Waals surface area contributed by atoms with Crippen LogP contribution in [-0.2, 0) is 0 Å². The molecule has 0 radical (unpaired) electrons. The Hall–Kier alpha value is -1.03. The molecule has 0 unspecified atom stereocenters. The lowest BCUT2D eigenvalue weighted by Crippen LogP contribution is -2.11. The first-order chi connectivity index (χ1) is 7.92. The Balaban J connectivity index is 1.94. The van der Waals surface area contributed by atoms with Crippen molar-refractivity contribution in [3.63, 3.8) is 0 Å². The zero-order valence-corrected chi connectivity index (χ0v) is 9.74. The Morgan fingerprint density at radius 2 is 2.19 bits per heavy atom. The Bertz CT molecular complexity index is 305. The summed E-state index contributed by atoms with van der Waals surface area (Å²) in [5.41, 5.74) is 6.54. The van der Waals surface area contributed by atoms with Crippen LogP contribution in [0.3, 0.4) is 0 Å². The van der Waals surface area contributed by atoms with E-state index < -0.39 is 0 Å². The van der Waals surface area contributed by atoms with E-state index in [0.717, 1.165) is 31.0 Å². The van der Waals surface area contributed by atoms with Crippen molar-refractivity contribution >= 4 is 5.69 Å². The molecule has 1 aliphatic rings. The molecule has 0 saturated heterocycles. The van der Waals surface area contributed by atoms with Crippen LogP contribution in [0.1, 0.15) is 50.2 Å². The molecule has 1 heterocycles. The standard InChI is InChI=1S/C12H21N3O/c13-7-4-8-14-11-9-15-16-12(11)10-5-2-1-3-6-10/h9-10,14H,1-8,13H2. The Morgan fingerprint density at radius 1 is 1.38 bits per heavy atom. The predicted octanol–water partition coefficient (Wildman–Crippen LogP) is 2.48. The van der Waals surface area contributed by atoms with Crippen LogP contribution in [0.25, 0.3) is 0 Å². The minimum Gasteiger partial charge on any atom is -0.381 e. The Kier molecular flexibility index (Phi) is 4.22. The van der Waals surface area contributed by atoms with Gasteiger partial charge in [0.1, 0.15) is 0 Å². The van der Waals surface area contributed by atoms with Crippen molar-refractivity contribution in [3.8, 4) is 0 Å². The molecule has 0 bridgehead atoms. The van der Waals surface area contributed by atoms with Crippen LogP contribution in [0.2, 0.25) is 0 Å². The second-order valence-corrected chi connectivity index (χ2v) is 4.51. The first-order valence-corrected chi connectivity index (χ1v) is 6.30. The van der Waals surface area contributed by atoms with Gasteiger partial charge in [-0.25, -0.2) is 0 Å². The Labute approximate surface area is 96.6 Å². The highest BCUT2D eigenvalue weighted by molar-refractivity contribution is 5.46. The van der Waals surface area contributed by atoms with Crippen molar-refractivity contribution in [2.24, 2.45) is 5.73 Å². The van der Waals surface area contributed by atoms with Crippen LogP contribution in [0, 0.1) is 0 Å². The van der Waals surface area contributed by atoms with Gasteiger partial charge >= 0.3 is 0 Å². The highest BCUT2D eigenvalue weighted by Gasteiger charge is 2.22. The summed E-state index contributed by atoms with van der Waals surface area (Å²) in [6.45, 7) is 1.62. The normalized spacial score (nSPS) is 17.6. The van der Waals surface area contributed by atoms with E-state index in [1.807, 2.05) is 0 Å². The summed E-state index contributed by atoms with van der Waals surface area (Å²) >= 11 is 0. The van der Waals surface area contributed by atoms with E-state index in [-0.39, 0.29) is 0 Å². The van der Waals surface area contributed by atoms with Gasteiger partial charge in [-0.05, 0) is 25.8 Å². The molecular weight excluding hydrogens is 202 g/mol. The predicted molar refractivity (Wildman–Crippen MR) is 64.5 cm³/mol. The Morgan fingerprint density at radius 3 is 2.94 bits per heavy atom. The van der Waals surface area contributed by atoms with E-state index in [4.69, 9.17) is 10.3 Å². The van der Waals surface area contributed by atoms with Gasteiger partial charge < -0.3 is 15.6 Å². The molecule has 0 atom stereocenters. The smallest absolute Gasteiger partial charge is 0.162 e.